The van der Waals surface area contributed by atoms with E-state index in [2.05, 4.69) is 48.7 Å². The van der Waals surface area contributed by atoms with Gasteiger partial charge in [-0.3, -0.25) is 4.40 Å². The maximum Gasteiger partial charge on any atom is 0.160 e. The van der Waals surface area contributed by atoms with Gasteiger partial charge >= 0.3 is 0 Å². The average Bonchev–Trinajstić information content (AvgIpc) is 2.82. The number of aromatic nitrogens is 2. The fraction of sp³-hybridized carbons (Fsp3) is 0.316. The molecule has 0 aliphatic heterocycles. The molecule has 0 atom stereocenters. The first-order chi connectivity index (χ1) is 11.0. The summed E-state index contributed by atoms with van der Waals surface area (Å²) < 4.78 is 7.52. The van der Waals surface area contributed by atoms with E-state index >= 15 is 0 Å². The lowest BCUT2D eigenvalue weighted by atomic mass is 10.0. The Kier molecular flexibility index (Phi) is 3.99. The molecule has 1 N–H and O–H groups in total. The molecule has 3 aromatic rings. The first kappa shape index (κ1) is 15.4. The molecule has 0 spiro atoms. The lowest BCUT2D eigenvalue weighted by Gasteiger charge is -2.14. The van der Waals surface area contributed by atoms with Crippen LogP contribution in [0.25, 0.3) is 5.65 Å². The number of methoxy groups -OCH3 is 1. The molecule has 4 nitrogen and oxygen atoms in total. The molecule has 0 saturated heterocycles. The number of hydrogen-bond acceptors (Lipinski definition) is 3. The van der Waals surface area contributed by atoms with Crippen LogP contribution in [0.4, 0.5) is 5.69 Å². The van der Waals surface area contributed by atoms with Crippen LogP contribution < -0.4 is 10.1 Å². The summed E-state index contributed by atoms with van der Waals surface area (Å²) in [7, 11) is 1.69. The Balaban J connectivity index is 2.01. The summed E-state index contributed by atoms with van der Waals surface area (Å²) in [4.78, 5) is 4.69. The Labute approximate surface area is 137 Å². The summed E-state index contributed by atoms with van der Waals surface area (Å²) in [6.45, 7) is 9.17. The predicted octanol–water partition coefficient (Wildman–Crippen LogP) is 4.19. The van der Waals surface area contributed by atoms with Gasteiger partial charge in [0.1, 0.15) is 5.75 Å². The maximum atomic E-state index is 5.44. The molecule has 0 unspecified atom stereocenters. The molecule has 3 rings (SSSR count). The number of aryl methyl sites for hydroxylation is 4. The third kappa shape index (κ3) is 2.77. The maximum absolute atomic E-state index is 5.44. The molecule has 4 heteroatoms. The van der Waals surface area contributed by atoms with Crippen molar-refractivity contribution in [2.45, 2.75) is 34.2 Å². The topological polar surface area (TPSA) is 38.6 Å². The van der Waals surface area contributed by atoms with Gasteiger partial charge in [-0.15, -0.1) is 0 Å². The van der Waals surface area contributed by atoms with Gasteiger partial charge in [-0.25, -0.2) is 4.98 Å². The molecular formula is C19H23N3O. The third-order valence-corrected chi connectivity index (χ3v) is 4.51. The van der Waals surface area contributed by atoms with Crippen LogP contribution in [0.3, 0.4) is 0 Å². The summed E-state index contributed by atoms with van der Waals surface area (Å²) in [5.41, 5.74) is 8.02. The number of pyridine rings is 1. The van der Waals surface area contributed by atoms with E-state index in [1.807, 2.05) is 19.2 Å². The largest absolute Gasteiger partial charge is 0.495 e. The molecule has 2 heterocycles. The van der Waals surface area contributed by atoms with Gasteiger partial charge in [0, 0.05) is 18.3 Å². The van der Waals surface area contributed by atoms with Crippen LogP contribution in [0.1, 0.15) is 28.1 Å². The highest BCUT2D eigenvalue weighted by molar-refractivity contribution is 5.70. The van der Waals surface area contributed by atoms with Crippen LogP contribution in [0.5, 0.6) is 5.75 Å². The van der Waals surface area contributed by atoms with Gasteiger partial charge in [-0.1, -0.05) is 18.2 Å². The fourth-order valence-electron chi connectivity index (χ4n) is 2.90. The Hall–Kier alpha value is -2.49. The molecule has 0 fully saturated rings. The summed E-state index contributed by atoms with van der Waals surface area (Å²) in [6, 6.07) is 8.40. The predicted molar refractivity (Wildman–Crippen MR) is 94.5 cm³/mol. The second kappa shape index (κ2) is 5.95. The van der Waals surface area contributed by atoms with Crippen molar-refractivity contribution in [1.29, 1.82) is 0 Å². The fourth-order valence-corrected chi connectivity index (χ4v) is 2.90. The highest BCUT2D eigenvalue weighted by Gasteiger charge is 2.12. The van der Waals surface area contributed by atoms with Crippen molar-refractivity contribution < 1.29 is 4.74 Å². The molecule has 120 valence electrons. The van der Waals surface area contributed by atoms with Crippen molar-refractivity contribution in [2.75, 3.05) is 12.4 Å². The quantitative estimate of drug-likeness (QED) is 0.785. The molecule has 23 heavy (non-hydrogen) atoms. The van der Waals surface area contributed by atoms with E-state index in [0.29, 0.717) is 0 Å². The first-order valence-corrected chi connectivity index (χ1v) is 7.83. The van der Waals surface area contributed by atoms with Crippen LogP contribution in [-0.4, -0.2) is 16.5 Å². The molecule has 1 aromatic carbocycles. The van der Waals surface area contributed by atoms with Crippen LogP contribution in [0, 0.1) is 27.7 Å². The summed E-state index contributed by atoms with van der Waals surface area (Å²) in [5, 5.41) is 3.54. The molecular weight excluding hydrogens is 286 g/mol. The van der Waals surface area contributed by atoms with Crippen LogP contribution in [-0.2, 0) is 6.54 Å². The van der Waals surface area contributed by atoms with Crippen LogP contribution in [0.15, 0.2) is 30.5 Å². The van der Waals surface area contributed by atoms with E-state index in [0.717, 1.165) is 35.0 Å². The van der Waals surface area contributed by atoms with Crippen molar-refractivity contribution >= 4 is 11.3 Å². The third-order valence-electron chi connectivity index (χ3n) is 4.51. The lowest BCUT2D eigenvalue weighted by Crippen LogP contribution is -2.05. The number of nitrogens with one attached hydrogen (secondary N) is 1. The highest BCUT2D eigenvalue weighted by Crippen LogP contribution is 2.26. The summed E-state index contributed by atoms with van der Waals surface area (Å²) >= 11 is 0. The monoisotopic (exact) mass is 309 g/mol. The van der Waals surface area contributed by atoms with Gasteiger partial charge in [0.25, 0.3) is 0 Å². The molecule has 0 saturated carbocycles. The van der Waals surface area contributed by atoms with E-state index in [1.165, 1.54) is 16.7 Å². The number of benzene rings is 1. The normalized spacial score (nSPS) is 11.0. The highest BCUT2D eigenvalue weighted by atomic mass is 16.5. The van der Waals surface area contributed by atoms with Crippen molar-refractivity contribution in [2.24, 2.45) is 0 Å². The number of anilines is 1. The zero-order chi connectivity index (χ0) is 16.6. The standard InChI is InChI=1S/C19H23N3O/c1-12-7-6-8-13(2)17(12)10-20-18-9-16(23-5)11-22-15(4)14(3)21-19(18)22/h6-9,11,20H,10H2,1-5H3. The lowest BCUT2D eigenvalue weighted by molar-refractivity contribution is 0.412. The minimum atomic E-state index is 0.770. The van der Waals surface area contributed by atoms with Gasteiger partial charge < -0.3 is 10.1 Å². The zero-order valence-electron chi connectivity index (χ0n) is 14.4. The van der Waals surface area contributed by atoms with Gasteiger partial charge in [-0.05, 0) is 44.4 Å². The van der Waals surface area contributed by atoms with Crippen LogP contribution in [0.2, 0.25) is 0 Å². The molecule has 0 bridgehead atoms. The van der Waals surface area contributed by atoms with Crippen molar-refractivity contribution in [3.8, 4) is 5.75 Å². The molecule has 0 aliphatic carbocycles. The number of hydrogen-bond donors (Lipinski definition) is 1. The smallest absolute Gasteiger partial charge is 0.160 e. The minimum absolute atomic E-state index is 0.770. The Morgan fingerprint density at radius 2 is 1.83 bits per heavy atom. The minimum Gasteiger partial charge on any atom is -0.495 e. The zero-order valence-corrected chi connectivity index (χ0v) is 14.4. The van der Waals surface area contributed by atoms with Gasteiger partial charge in [0.05, 0.1) is 24.7 Å². The van der Waals surface area contributed by atoms with Gasteiger partial charge in [0.2, 0.25) is 0 Å². The number of nitrogens with zero attached hydrogens (tertiary/aromatic N) is 2. The van der Waals surface area contributed by atoms with Gasteiger partial charge in [0.15, 0.2) is 5.65 Å². The SMILES string of the molecule is COc1cc(NCc2c(C)cccc2C)c2nc(C)c(C)n2c1. The van der Waals surface area contributed by atoms with E-state index in [4.69, 9.17) is 9.72 Å². The van der Waals surface area contributed by atoms with E-state index in [1.54, 1.807) is 7.11 Å². The molecule has 0 amide bonds. The van der Waals surface area contributed by atoms with Crippen LogP contribution >= 0.6 is 0 Å². The Bertz CT molecular complexity index is 844. The second-order valence-corrected chi connectivity index (χ2v) is 5.99. The first-order valence-electron chi connectivity index (χ1n) is 7.83. The number of imidazole rings is 1. The van der Waals surface area contributed by atoms with Gasteiger partial charge in [-0.2, -0.15) is 0 Å². The van der Waals surface area contributed by atoms with E-state index < -0.39 is 0 Å². The molecule has 0 aliphatic rings. The number of rotatable bonds is 4. The molecule has 2 aromatic heterocycles. The second-order valence-electron chi connectivity index (χ2n) is 5.99. The van der Waals surface area contributed by atoms with Crippen molar-refractivity contribution in [3.63, 3.8) is 0 Å². The summed E-state index contributed by atoms with van der Waals surface area (Å²) in [5.74, 6) is 0.821. The number of fused-ring (bicyclic) bond motifs is 1. The van der Waals surface area contributed by atoms with Crippen molar-refractivity contribution in [1.82, 2.24) is 9.38 Å². The van der Waals surface area contributed by atoms with Crippen molar-refractivity contribution in [3.05, 3.63) is 58.5 Å². The summed E-state index contributed by atoms with van der Waals surface area (Å²) in [6.07, 6.45) is 1.98. The average molecular weight is 309 g/mol. The Morgan fingerprint density at radius 3 is 2.48 bits per heavy atom. The molecule has 0 radical (unpaired) electrons. The van der Waals surface area contributed by atoms with E-state index in [-0.39, 0.29) is 0 Å². The van der Waals surface area contributed by atoms with E-state index in [9.17, 15) is 0 Å². The Morgan fingerprint density at radius 1 is 1.13 bits per heavy atom. The number of ether oxygens (including phenoxy) is 1.